The van der Waals surface area contributed by atoms with Gasteiger partial charge in [0.2, 0.25) is 0 Å². The summed E-state index contributed by atoms with van der Waals surface area (Å²) in [6, 6.07) is 12.9. The number of alkyl halides is 3. The minimum Gasteiger partial charge on any atom is -0.406 e. The highest BCUT2D eigenvalue weighted by Gasteiger charge is 2.30. The number of aryl methyl sites for hydroxylation is 1. The number of ether oxygens (including phenoxy) is 1. The molecule has 0 aliphatic rings. The molecule has 156 valence electrons. The summed E-state index contributed by atoms with van der Waals surface area (Å²) in [7, 11) is 0. The summed E-state index contributed by atoms with van der Waals surface area (Å²) in [6.45, 7) is 1.80. The van der Waals surface area contributed by atoms with E-state index in [-0.39, 0.29) is 11.3 Å². The lowest BCUT2D eigenvalue weighted by Crippen LogP contribution is -2.16. The number of isothiocyanates is 1. The lowest BCUT2D eigenvalue weighted by molar-refractivity contribution is -0.274. The van der Waals surface area contributed by atoms with Gasteiger partial charge in [-0.1, -0.05) is 36.1 Å². The Bertz CT molecular complexity index is 1210. The molecule has 0 aliphatic carbocycles. The number of aliphatic imine (C=N–C) groups is 1. The maximum atomic E-state index is 13.9. The number of thiocarbonyl (C=S) groups is 1. The molecule has 0 radical (unpaired) electrons. The maximum absolute atomic E-state index is 13.9. The van der Waals surface area contributed by atoms with Crippen LogP contribution >= 0.6 is 12.2 Å². The third-order valence-electron chi connectivity index (χ3n) is 4.16. The second-order valence-corrected chi connectivity index (χ2v) is 6.53. The normalized spacial score (nSPS) is 10.6. The van der Waals surface area contributed by atoms with Crippen molar-refractivity contribution in [2.24, 2.45) is 4.99 Å². The van der Waals surface area contributed by atoms with E-state index in [4.69, 9.17) is 0 Å². The highest BCUT2D eigenvalue weighted by atomic mass is 32.1. The van der Waals surface area contributed by atoms with Gasteiger partial charge in [-0.15, -0.1) is 13.2 Å². The van der Waals surface area contributed by atoms with Crippen LogP contribution in [-0.2, 0) is 0 Å². The topological polar surface area (TPSA) is 21.6 Å². The second-order valence-electron chi connectivity index (χ2n) is 6.34. The monoisotopic (exact) mass is 445 g/mol. The molecule has 2 nitrogen and oxygen atoms in total. The predicted molar refractivity (Wildman–Crippen MR) is 110 cm³/mol. The van der Waals surface area contributed by atoms with Crippen LogP contribution in [0.4, 0.5) is 27.6 Å². The molecule has 3 aromatic carbocycles. The van der Waals surface area contributed by atoms with Gasteiger partial charge in [0.15, 0.2) is 11.6 Å². The zero-order valence-corrected chi connectivity index (χ0v) is 16.7. The molecule has 3 rings (SSSR count). The molecule has 0 amide bonds. The fourth-order valence-corrected chi connectivity index (χ4v) is 2.85. The van der Waals surface area contributed by atoms with Crippen molar-refractivity contribution in [3.63, 3.8) is 0 Å². The molecule has 0 unspecified atom stereocenters. The van der Waals surface area contributed by atoms with Crippen LogP contribution in [0.2, 0.25) is 0 Å². The van der Waals surface area contributed by atoms with Crippen LogP contribution in [0.5, 0.6) is 5.75 Å². The molecule has 8 heteroatoms. The van der Waals surface area contributed by atoms with E-state index in [0.717, 1.165) is 23.3 Å². The number of halogens is 5. The highest BCUT2D eigenvalue weighted by Crippen LogP contribution is 2.28. The average Bonchev–Trinajstić information content (AvgIpc) is 2.69. The van der Waals surface area contributed by atoms with Gasteiger partial charge in [0.1, 0.15) is 11.4 Å². The Morgan fingerprint density at radius 2 is 1.48 bits per heavy atom. The molecule has 0 aromatic heterocycles. The molecular weight excluding hydrogens is 433 g/mol. The van der Waals surface area contributed by atoms with Gasteiger partial charge in [-0.3, -0.25) is 0 Å². The molecule has 0 aliphatic heterocycles. The van der Waals surface area contributed by atoms with Gasteiger partial charge in [-0.05, 0) is 66.2 Å². The lowest BCUT2D eigenvalue weighted by atomic mass is 10.00. The van der Waals surface area contributed by atoms with Crippen LogP contribution in [0.25, 0.3) is 11.1 Å². The predicted octanol–water partition coefficient (Wildman–Crippen LogP) is 6.97. The Morgan fingerprint density at radius 3 is 2.03 bits per heavy atom. The summed E-state index contributed by atoms with van der Waals surface area (Å²) >= 11 is 4.36. The Morgan fingerprint density at radius 1 is 0.871 bits per heavy atom. The summed E-state index contributed by atoms with van der Waals surface area (Å²) in [6.07, 6.45) is -4.75. The third-order valence-corrected chi connectivity index (χ3v) is 4.25. The van der Waals surface area contributed by atoms with E-state index in [1.807, 2.05) is 11.2 Å². The molecule has 0 bridgehead atoms. The van der Waals surface area contributed by atoms with Gasteiger partial charge < -0.3 is 4.74 Å². The number of rotatable bonds is 3. The van der Waals surface area contributed by atoms with E-state index in [2.05, 4.69) is 33.8 Å². The van der Waals surface area contributed by atoms with E-state index in [1.165, 1.54) is 24.3 Å². The number of nitrogens with zero attached hydrogens (tertiary/aromatic N) is 1. The van der Waals surface area contributed by atoms with Crippen molar-refractivity contribution in [2.75, 3.05) is 0 Å². The smallest absolute Gasteiger partial charge is 0.406 e. The largest absolute Gasteiger partial charge is 0.573 e. The zero-order valence-electron chi connectivity index (χ0n) is 15.8. The van der Waals surface area contributed by atoms with Crippen LogP contribution in [0.3, 0.4) is 0 Å². The minimum absolute atomic E-state index is 0.127. The number of hydrogen-bond donors (Lipinski definition) is 0. The van der Waals surface area contributed by atoms with E-state index in [9.17, 15) is 22.0 Å². The Kier molecular flexibility index (Phi) is 6.50. The Balaban J connectivity index is 1.83. The minimum atomic E-state index is -4.75. The van der Waals surface area contributed by atoms with Crippen molar-refractivity contribution in [1.82, 2.24) is 0 Å². The molecule has 31 heavy (non-hydrogen) atoms. The van der Waals surface area contributed by atoms with E-state index in [0.29, 0.717) is 11.1 Å². The van der Waals surface area contributed by atoms with Gasteiger partial charge in [0.25, 0.3) is 0 Å². The highest BCUT2D eigenvalue weighted by molar-refractivity contribution is 7.78. The maximum Gasteiger partial charge on any atom is 0.573 e. The quantitative estimate of drug-likeness (QED) is 0.188. The molecule has 0 saturated heterocycles. The van der Waals surface area contributed by atoms with Crippen molar-refractivity contribution in [2.45, 2.75) is 13.3 Å². The summed E-state index contributed by atoms with van der Waals surface area (Å²) in [5, 5.41) is 1.92. The number of benzene rings is 3. The third kappa shape index (κ3) is 5.76. The lowest BCUT2D eigenvalue weighted by Gasteiger charge is -2.10. The van der Waals surface area contributed by atoms with Crippen molar-refractivity contribution in [1.29, 1.82) is 0 Å². The molecule has 0 fully saturated rings. The zero-order chi connectivity index (χ0) is 22.6. The van der Waals surface area contributed by atoms with Crippen LogP contribution in [-0.4, -0.2) is 11.5 Å². The van der Waals surface area contributed by atoms with Gasteiger partial charge in [0, 0.05) is 11.1 Å². The van der Waals surface area contributed by atoms with Gasteiger partial charge in [-0.25, -0.2) is 8.78 Å². The first-order valence-corrected chi connectivity index (χ1v) is 9.13. The SMILES string of the molecule is Cc1cc(-c2ccc(OC(F)(F)F)cc2)ccc1C#Cc1cc(F)c(N=C=S)c(F)c1. The first kappa shape index (κ1) is 22.2. The summed E-state index contributed by atoms with van der Waals surface area (Å²) < 4.78 is 68.5. The summed E-state index contributed by atoms with van der Waals surface area (Å²) in [5.41, 5.74) is 2.47. The van der Waals surface area contributed by atoms with Gasteiger partial charge in [-0.2, -0.15) is 4.99 Å². The molecule has 0 saturated carbocycles. The first-order chi connectivity index (χ1) is 14.7. The van der Waals surface area contributed by atoms with Gasteiger partial charge >= 0.3 is 6.36 Å². The van der Waals surface area contributed by atoms with Crippen molar-refractivity contribution in [3.05, 3.63) is 82.9 Å². The molecule has 0 atom stereocenters. The standard InChI is InChI=1S/C23H12F5NOS/c1-14-10-18(17-6-8-19(9-7-17)30-23(26,27)28)5-4-16(14)3-2-15-11-20(24)22(29-13-31)21(25)12-15/h4-12H,1H3. The fraction of sp³-hybridized carbons (Fsp3) is 0.0870. The summed E-state index contributed by atoms with van der Waals surface area (Å²) in [4.78, 5) is 3.34. The number of hydrogen-bond acceptors (Lipinski definition) is 3. The Labute approximate surface area is 180 Å². The van der Waals surface area contributed by atoms with Gasteiger partial charge in [0.05, 0.1) is 5.16 Å². The van der Waals surface area contributed by atoms with Crippen LogP contribution in [0.15, 0.2) is 59.6 Å². The molecule has 0 N–H and O–H groups in total. The van der Waals surface area contributed by atoms with Crippen LogP contribution in [0, 0.1) is 30.4 Å². The van der Waals surface area contributed by atoms with Crippen LogP contribution in [0.1, 0.15) is 16.7 Å². The molecule has 0 spiro atoms. The van der Waals surface area contributed by atoms with E-state index >= 15 is 0 Å². The second kappa shape index (κ2) is 9.09. The van der Waals surface area contributed by atoms with E-state index in [1.54, 1.807) is 19.1 Å². The molecular formula is C23H12F5NOS. The van der Waals surface area contributed by atoms with E-state index < -0.39 is 23.7 Å². The first-order valence-electron chi connectivity index (χ1n) is 8.72. The summed E-state index contributed by atoms with van der Waals surface area (Å²) in [5.74, 6) is 3.45. The average molecular weight is 445 g/mol. The molecule has 3 aromatic rings. The van der Waals surface area contributed by atoms with Crippen molar-refractivity contribution >= 4 is 23.1 Å². The van der Waals surface area contributed by atoms with Crippen molar-refractivity contribution < 1.29 is 26.7 Å². The van der Waals surface area contributed by atoms with Crippen LogP contribution < -0.4 is 4.74 Å². The van der Waals surface area contributed by atoms with Crippen molar-refractivity contribution in [3.8, 4) is 28.7 Å². The fourth-order valence-electron chi connectivity index (χ4n) is 2.76. The molecule has 0 heterocycles. The Hall–Kier alpha value is -3.53.